The third-order valence-corrected chi connectivity index (χ3v) is 3.93. The molecule has 0 N–H and O–H groups in total. The fourth-order valence-electron chi connectivity index (χ4n) is 2.90. The van der Waals surface area contributed by atoms with Crippen LogP contribution in [-0.2, 0) is 9.59 Å². The van der Waals surface area contributed by atoms with Gasteiger partial charge in [-0.15, -0.1) is 0 Å². The van der Waals surface area contributed by atoms with E-state index in [9.17, 15) is 9.59 Å². The largest absolute Gasteiger partial charge is 0.338 e. The maximum Gasteiger partial charge on any atom is 0.232 e. The number of carbonyl (C=O) groups is 2. The Labute approximate surface area is 94.2 Å². The molecule has 1 aliphatic carbocycles. The molecule has 0 aromatic carbocycles. The minimum absolute atomic E-state index is 0.115. The molecular weight excluding hydrogens is 204 g/mol. The van der Waals surface area contributed by atoms with Gasteiger partial charge in [-0.1, -0.05) is 24.3 Å². The van der Waals surface area contributed by atoms with E-state index in [1.807, 2.05) is 24.3 Å². The molecule has 0 unspecified atom stereocenters. The monoisotopic (exact) mass is 218 g/mol. The van der Waals surface area contributed by atoms with E-state index < -0.39 is 0 Å². The van der Waals surface area contributed by atoms with Gasteiger partial charge in [-0.25, -0.2) is 0 Å². The number of hydrogen-bond acceptors (Lipinski definition) is 2. The molecule has 4 heteroatoms. The fourth-order valence-corrected chi connectivity index (χ4v) is 2.90. The fraction of sp³-hybridized carbons (Fsp3) is 0.500. The van der Waals surface area contributed by atoms with Crippen molar-refractivity contribution < 1.29 is 9.59 Å². The van der Waals surface area contributed by atoms with Gasteiger partial charge in [-0.2, -0.15) is 0 Å². The van der Waals surface area contributed by atoms with Gasteiger partial charge >= 0.3 is 0 Å². The van der Waals surface area contributed by atoms with Gasteiger partial charge in [0.05, 0.1) is 23.9 Å². The summed E-state index contributed by atoms with van der Waals surface area (Å²) in [5, 5.41) is 0. The molecule has 16 heavy (non-hydrogen) atoms. The van der Waals surface area contributed by atoms with Crippen LogP contribution in [0.25, 0.3) is 0 Å². The molecule has 5 heterocycles. The van der Waals surface area contributed by atoms with E-state index in [1.54, 1.807) is 23.9 Å². The Morgan fingerprint density at radius 3 is 1.56 bits per heavy atom. The van der Waals surface area contributed by atoms with Crippen molar-refractivity contribution in [2.24, 2.45) is 11.8 Å². The Kier molecular flexibility index (Phi) is 1.79. The molecule has 0 saturated carbocycles. The normalized spacial score (nSPS) is 40.6. The molecule has 0 aromatic rings. The summed E-state index contributed by atoms with van der Waals surface area (Å²) in [6.45, 7) is 0. The van der Waals surface area contributed by atoms with Crippen molar-refractivity contribution in [2.75, 3.05) is 14.1 Å². The van der Waals surface area contributed by atoms with Crippen LogP contribution in [0.1, 0.15) is 0 Å². The van der Waals surface area contributed by atoms with Gasteiger partial charge in [0, 0.05) is 14.1 Å². The Hall–Kier alpha value is -1.58. The predicted molar refractivity (Wildman–Crippen MR) is 58.4 cm³/mol. The van der Waals surface area contributed by atoms with E-state index in [4.69, 9.17) is 0 Å². The average molecular weight is 218 g/mol. The highest BCUT2D eigenvalue weighted by molar-refractivity contribution is 5.91. The zero-order valence-corrected chi connectivity index (χ0v) is 9.33. The Bertz CT molecular complexity index is 387. The third kappa shape index (κ3) is 0.991. The first kappa shape index (κ1) is 9.63. The second-order valence-electron chi connectivity index (χ2n) is 4.70. The van der Waals surface area contributed by atoms with E-state index in [-0.39, 0.29) is 35.7 Å². The highest BCUT2D eigenvalue weighted by Gasteiger charge is 2.47. The first-order valence-corrected chi connectivity index (χ1v) is 5.51. The van der Waals surface area contributed by atoms with Crippen LogP contribution in [0.4, 0.5) is 0 Å². The van der Waals surface area contributed by atoms with Gasteiger partial charge < -0.3 is 9.80 Å². The predicted octanol–water partition coefficient (Wildman–Crippen LogP) is 0.0260. The number of nitrogens with zero attached hydrogens (tertiary/aromatic N) is 2. The summed E-state index contributed by atoms with van der Waals surface area (Å²) in [5.41, 5.74) is 0. The van der Waals surface area contributed by atoms with Crippen LogP contribution in [0.15, 0.2) is 24.3 Å². The summed E-state index contributed by atoms with van der Waals surface area (Å²) in [5.74, 6) is -0.196. The summed E-state index contributed by atoms with van der Waals surface area (Å²) in [4.78, 5) is 27.6. The van der Waals surface area contributed by atoms with Gasteiger partial charge in [-0.3, -0.25) is 9.59 Å². The average Bonchev–Trinajstić information content (AvgIpc) is 2.23. The van der Waals surface area contributed by atoms with Crippen molar-refractivity contribution in [1.82, 2.24) is 9.80 Å². The van der Waals surface area contributed by atoms with Crippen molar-refractivity contribution in [3.8, 4) is 0 Å². The van der Waals surface area contributed by atoms with Crippen LogP contribution in [0.3, 0.4) is 0 Å². The Morgan fingerprint density at radius 1 is 0.812 bits per heavy atom. The second-order valence-corrected chi connectivity index (χ2v) is 4.70. The quantitative estimate of drug-likeness (QED) is 0.538. The lowest BCUT2D eigenvalue weighted by atomic mass is 9.79. The topological polar surface area (TPSA) is 40.6 Å². The van der Waals surface area contributed by atoms with E-state index >= 15 is 0 Å². The van der Waals surface area contributed by atoms with Crippen molar-refractivity contribution in [2.45, 2.75) is 12.1 Å². The van der Waals surface area contributed by atoms with Crippen molar-refractivity contribution in [1.29, 1.82) is 0 Å². The summed E-state index contributed by atoms with van der Waals surface area (Å²) in [6, 6.07) is -0.229. The minimum Gasteiger partial charge on any atom is -0.338 e. The lowest BCUT2D eigenvalue weighted by molar-refractivity contribution is -0.148. The highest BCUT2D eigenvalue weighted by atomic mass is 16.2. The molecule has 4 bridgehead atoms. The lowest BCUT2D eigenvalue weighted by Gasteiger charge is -2.47. The van der Waals surface area contributed by atoms with Crippen molar-refractivity contribution >= 4 is 11.8 Å². The molecule has 0 radical (unpaired) electrons. The van der Waals surface area contributed by atoms with Crippen molar-refractivity contribution in [3.63, 3.8) is 0 Å². The number of carbonyl (C=O) groups excluding carboxylic acids is 2. The minimum atomic E-state index is -0.215. The SMILES string of the molecule is CN1C(=O)[C@@H]2C=C[C@@H]1[C@@H]1C=C[C@@H]2N(C)C1=O. The van der Waals surface area contributed by atoms with E-state index in [0.717, 1.165) is 0 Å². The molecule has 5 aliphatic heterocycles. The van der Waals surface area contributed by atoms with Gasteiger partial charge in [-0.05, 0) is 0 Å². The Balaban J connectivity index is 2.17. The molecule has 6 aliphatic rings. The van der Waals surface area contributed by atoms with Crippen LogP contribution in [-0.4, -0.2) is 47.8 Å². The number of hydrogen-bond donors (Lipinski definition) is 0. The van der Waals surface area contributed by atoms with E-state index in [0.29, 0.717) is 0 Å². The highest BCUT2D eigenvalue weighted by Crippen LogP contribution is 2.34. The van der Waals surface area contributed by atoms with Gasteiger partial charge in [0.1, 0.15) is 0 Å². The van der Waals surface area contributed by atoms with Crippen LogP contribution in [0.2, 0.25) is 0 Å². The van der Waals surface area contributed by atoms with Gasteiger partial charge in [0.2, 0.25) is 11.8 Å². The smallest absolute Gasteiger partial charge is 0.232 e. The van der Waals surface area contributed by atoms with Gasteiger partial charge in [0.25, 0.3) is 0 Å². The van der Waals surface area contributed by atoms with Crippen LogP contribution in [0, 0.1) is 11.8 Å². The molecule has 0 spiro atoms. The van der Waals surface area contributed by atoms with Crippen LogP contribution in [0.5, 0.6) is 0 Å². The third-order valence-electron chi connectivity index (χ3n) is 3.93. The zero-order chi connectivity index (χ0) is 11.4. The van der Waals surface area contributed by atoms with Crippen molar-refractivity contribution in [3.05, 3.63) is 24.3 Å². The maximum absolute atomic E-state index is 12.1. The summed E-state index contributed by atoms with van der Waals surface area (Å²) >= 11 is 0. The zero-order valence-electron chi connectivity index (χ0n) is 9.33. The lowest BCUT2D eigenvalue weighted by Crippen LogP contribution is -2.60. The van der Waals surface area contributed by atoms with Crippen LogP contribution >= 0.6 is 0 Å². The van der Waals surface area contributed by atoms with Crippen LogP contribution < -0.4 is 0 Å². The molecule has 84 valence electrons. The summed E-state index contributed by atoms with van der Waals surface area (Å²) in [7, 11) is 3.57. The molecular formula is C12H14N2O2. The van der Waals surface area contributed by atoms with E-state index in [2.05, 4.69) is 0 Å². The molecule has 0 aromatic heterocycles. The molecule has 6 rings (SSSR count). The maximum atomic E-state index is 12.1. The summed E-state index contributed by atoms with van der Waals surface area (Å²) in [6.07, 6.45) is 7.91. The number of rotatable bonds is 0. The number of likely N-dealkylation sites (N-methyl/N-ethyl adjacent to an activating group) is 2. The standard InChI is InChI=1S/C12H14N2O2/c1-13-9-5-3-8(11(13)15)10-6-4-7(9)12(16)14(10)2/h3-10H,1-2H3/t7-,8+,9+,10-. The first-order valence-electron chi connectivity index (χ1n) is 5.51. The molecule has 1 saturated heterocycles. The molecule has 2 amide bonds. The molecule has 4 atom stereocenters. The number of amides is 2. The second kappa shape index (κ2) is 2.97. The van der Waals surface area contributed by atoms with Gasteiger partial charge in [0.15, 0.2) is 0 Å². The van der Waals surface area contributed by atoms with E-state index in [1.165, 1.54) is 0 Å². The molecule has 1 fully saturated rings. The molecule has 4 nitrogen and oxygen atoms in total. The summed E-state index contributed by atoms with van der Waals surface area (Å²) < 4.78 is 0. The Morgan fingerprint density at radius 2 is 1.19 bits per heavy atom. The first-order chi connectivity index (χ1) is 7.61.